The van der Waals surface area contributed by atoms with Crippen LogP contribution in [0.3, 0.4) is 0 Å². The van der Waals surface area contributed by atoms with Gasteiger partial charge in [0.25, 0.3) is 0 Å². The quantitative estimate of drug-likeness (QED) is 0.270. The van der Waals surface area contributed by atoms with E-state index < -0.39 is 0 Å². The third kappa shape index (κ3) is 16.4. The number of hydrogen-bond donors (Lipinski definition) is 0. The second kappa shape index (κ2) is 25.7. The van der Waals surface area contributed by atoms with Crippen molar-refractivity contribution in [2.45, 2.75) is 205 Å². The van der Waals surface area contributed by atoms with E-state index in [-0.39, 0.29) is 0 Å². The van der Waals surface area contributed by atoms with E-state index in [2.05, 4.69) is 24.3 Å². The minimum atomic E-state index is 0.383. The Bertz CT molecular complexity index is 1060. The third-order valence-electron chi connectivity index (χ3n) is 13.5. The first-order valence-electron chi connectivity index (χ1n) is 22.9. The van der Waals surface area contributed by atoms with Crippen LogP contribution in [0.4, 0.5) is 0 Å². The average Bonchev–Trinajstić information content (AvgIpc) is 3.18. The Labute approximate surface area is 333 Å². The van der Waals surface area contributed by atoms with Gasteiger partial charge < -0.3 is 18.9 Å². The summed E-state index contributed by atoms with van der Waals surface area (Å²) in [5.41, 5.74) is 3.57. The molecule has 2 aromatic rings. The molecule has 0 N–H and O–H groups in total. The van der Waals surface area contributed by atoms with Crippen molar-refractivity contribution in [3.05, 3.63) is 47.5 Å². The van der Waals surface area contributed by atoms with E-state index in [4.69, 9.17) is 18.9 Å². The Hall–Kier alpha value is -2.36. The molecule has 0 atom stereocenters. The molecule has 3 aliphatic carbocycles. The third-order valence-corrected chi connectivity index (χ3v) is 13.5. The van der Waals surface area contributed by atoms with E-state index in [0.717, 1.165) is 35.8 Å². The molecule has 0 saturated heterocycles. The van der Waals surface area contributed by atoms with Gasteiger partial charge in [-0.15, -0.1) is 0 Å². The summed E-state index contributed by atoms with van der Waals surface area (Å²) >= 11 is 0. The molecule has 0 unspecified atom stereocenters. The van der Waals surface area contributed by atoms with E-state index in [1.54, 1.807) is 28.4 Å². The molecule has 4 nitrogen and oxygen atoms in total. The van der Waals surface area contributed by atoms with Crippen LogP contribution in [0.5, 0.6) is 23.0 Å². The van der Waals surface area contributed by atoms with Crippen LogP contribution in [-0.2, 0) is 12.8 Å². The average molecular weight is 747 g/mol. The number of rotatable bonds is 8. The maximum atomic E-state index is 5.74. The number of hydrogen-bond acceptors (Lipinski definition) is 4. The Morgan fingerprint density at radius 3 is 0.667 bits per heavy atom. The zero-order valence-electron chi connectivity index (χ0n) is 35.7. The maximum absolute atomic E-state index is 5.74. The van der Waals surface area contributed by atoms with Gasteiger partial charge in [0, 0.05) is 12.1 Å². The maximum Gasteiger partial charge on any atom is 0.122 e. The summed E-state index contributed by atoms with van der Waals surface area (Å²) in [6, 6.07) is 13.2. The lowest BCUT2D eigenvalue weighted by molar-refractivity contribution is 0.189. The standard InChI is InChI=1S/C50H82O4/c1-51-45-35-43(36-46(39-45)52-2)41-49-29-23-17-11-5-8-14-20-26-32-50(33-27-21-15-9-6-12-18-24-30-49,34-28-22-16-10-7-13-19-25-31-49)42-44-37-47(53-3)40-48(38-44)54-4/h35-40H,5-34,41-42H2,1-4H3. The Balaban J connectivity index is 1.52. The van der Waals surface area contributed by atoms with Gasteiger partial charge in [0.2, 0.25) is 0 Å². The molecular formula is C50H82O4. The van der Waals surface area contributed by atoms with Gasteiger partial charge in [0.15, 0.2) is 0 Å². The number of benzene rings is 2. The lowest BCUT2D eigenvalue weighted by Crippen LogP contribution is -2.25. The number of methoxy groups -OCH3 is 4. The summed E-state index contributed by atoms with van der Waals surface area (Å²) in [6.07, 6.45) is 43.8. The summed E-state index contributed by atoms with van der Waals surface area (Å²) in [6.45, 7) is 0. The van der Waals surface area contributed by atoms with E-state index in [1.807, 2.05) is 12.1 Å². The number of ether oxygens (including phenoxy) is 4. The summed E-state index contributed by atoms with van der Waals surface area (Å²) in [5.74, 6) is 3.73. The molecule has 0 aliphatic heterocycles. The first-order valence-corrected chi connectivity index (χ1v) is 22.9. The predicted molar refractivity (Wildman–Crippen MR) is 230 cm³/mol. The highest BCUT2D eigenvalue weighted by atomic mass is 16.5. The van der Waals surface area contributed by atoms with E-state index >= 15 is 0 Å². The minimum Gasteiger partial charge on any atom is -0.497 e. The van der Waals surface area contributed by atoms with Crippen molar-refractivity contribution in [2.75, 3.05) is 28.4 Å². The van der Waals surface area contributed by atoms with Crippen molar-refractivity contribution in [3.8, 4) is 23.0 Å². The summed E-state index contributed by atoms with van der Waals surface area (Å²) < 4.78 is 23.0. The van der Waals surface area contributed by atoms with Gasteiger partial charge in [-0.3, -0.25) is 0 Å². The van der Waals surface area contributed by atoms with Crippen LogP contribution in [0.25, 0.3) is 0 Å². The molecule has 3 aliphatic rings. The van der Waals surface area contributed by atoms with Gasteiger partial charge in [-0.1, -0.05) is 154 Å². The monoisotopic (exact) mass is 747 g/mol. The van der Waals surface area contributed by atoms with Crippen LogP contribution < -0.4 is 18.9 Å². The van der Waals surface area contributed by atoms with Gasteiger partial charge in [-0.25, -0.2) is 0 Å². The first kappa shape index (κ1) is 44.4. The molecule has 2 aromatic carbocycles. The van der Waals surface area contributed by atoms with Gasteiger partial charge in [-0.05, 0) is 97.6 Å². The molecule has 306 valence electrons. The van der Waals surface area contributed by atoms with Crippen molar-refractivity contribution in [1.82, 2.24) is 0 Å². The molecule has 54 heavy (non-hydrogen) atoms. The lowest BCUT2D eigenvalue weighted by atomic mass is 9.70. The fourth-order valence-corrected chi connectivity index (χ4v) is 10.3. The molecule has 3 fully saturated rings. The van der Waals surface area contributed by atoms with Gasteiger partial charge in [0.05, 0.1) is 28.4 Å². The zero-order valence-corrected chi connectivity index (χ0v) is 35.7. The van der Waals surface area contributed by atoms with Crippen molar-refractivity contribution in [1.29, 1.82) is 0 Å². The number of fused-ring (bicyclic) bond motifs is 27. The Morgan fingerprint density at radius 2 is 0.481 bits per heavy atom. The topological polar surface area (TPSA) is 36.9 Å². The van der Waals surface area contributed by atoms with Crippen LogP contribution in [0, 0.1) is 10.8 Å². The van der Waals surface area contributed by atoms with Gasteiger partial charge in [-0.2, -0.15) is 0 Å². The van der Waals surface area contributed by atoms with Crippen molar-refractivity contribution < 1.29 is 18.9 Å². The van der Waals surface area contributed by atoms with Gasteiger partial charge in [0.1, 0.15) is 23.0 Å². The van der Waals surface area contributed by atoms with E-state index in [1.165, 1.54) is 204 Å². The molecule has 0 spiro atoms. The fraction of sp³-hybridized carbons (Fsp3) is 0.760. The second-order valence-corrected chi connectivity index (χ2v) is 17.8. The van der Waals surface area contributed by atoms with Gasteiger partial charge >= 0.3 is 0 Å². The normalized spacial score (nSPS) is 24.6. The smallest absolute Gasteiger partial charge is 0.122 e. The van der Waals surface area contributed by atoms with Crippen LogP contribution in [-0.4, -0.2) is 28.4 Å². The molecule has 2 bridgehead atoms. The lowest BCUT2D eigenvalue weighted by Gasteiger charge is -2.36. The van der Waals surface area contributed by atoms with Crippen LogP contribution in [0.1, 0.15) is 204 Å². The second-order valence-electron chi connectivity index (χ2n) is 17.8. The molecule has 5 rings (SSSR count). The summed E-state index contributed by atoms with van der Waals surface area (Å²) in [4.78, 5) is 0. The van der Waals surface area contributed by atoms with Crippen molar-refractivity contribution >= 4 is 0 Å². The fourth-order valence-electron chi connectivity index (χ4n) is 10.3. The molecule has 4 heteroatoms. The SMILES string of the molecule is COc1cc(CC23CCCCCCCCCCC(Cc4cc(OC)cc(OC)c4)(CCCCCCCCCC2)CCCCCCCCCC3)cc(OC)c1. The van der Waals surface area contributed by atoms with E-state index in [0.29, 0.717) is 10.8 Å². The first-order chi connectivity index (χ1) is 26.5. The zero-order chi connectivity index (χ0) is 38.2. The molecule has 0 aromatic heterocycles. The molecule has 0 heterocycles. The Morgan fingerprint density at radius 1 is 0.296 bits per heavy atom. The van der Waals surface area contributed by atoms with Crippen LogP contribution >= 0.6 is 0 Å². The van der Waals surface area contributed by atoms with Crippen molar-refractivity contribution in [2.24, 2.45) is 10.8 Å². The predicted octanol–water partition coefficient (Wildman–Crippen LogP) is 15.2. The molecule has 0 radical (unpaired) electrons. The van der Waals surface area contributed by atoms with Crippen LogP contribution in [0.15, 0.2) is 36.4 Å². The molecule has 0 amide bonds. The highest BCUT2D eigenvalue weighted by Crippen LogP contribution is 2.44. The van der Waals surface area contributed by atoms with E-state index in [9.17, 15) is 0 Å². The highest BCUT2D eigenvalue weighted by molar-refractivity contribution is 5.40. The van der Waals surface area contributed by atoms with Crippen molar-refractivity contribution in [3.63, 3.8) is 0 Å². The highest BCUT2D eigenvalue weighted by Gasteiger charge is 2.31. The molecule has 3 saturated carbocycles. The minimum absolute atomic E-state index is 0.383. The summed E-state index contributed by atoms with van der Waals surface area (Å²) in [7, 11) is 7.16. The summed E-state index contributed by atoms with van der Waals surface area (Å²) in [5, 5.41) is 0. The molecular weight excluding hydrogens is 665 g/mol. The van der Waals surface area contributed by atoms with Crippen LogP contribution in [0.2, 0.25) is 0 Å². The Kier molecular flexibility index (Phi) is 21.1. The largest absolute Gasteiger partial charge is 0.497 e.